The molecule has 5 heteroatoms. The molecule has 0 bridgehead atoms. The van der Waals surface area contributed by atoms with E-state index in [1.807, 2.05) is 25.7 Å². The van der Waals surface area contributed by atoms with E-state index >= 15 is 0 Å². The molecular formula is C13H25N3O2. The second-order valence-electron chi connectivity index (χ2n) is 5.48. The number of hydrogen-bond donors (Lipinski definition) is 2. The molecule has 0 aromatic heterocycles. The number of amides is 2. The number of piperidine rings is 1. The first-order chi connectivity index (χ1) is 8.42. The molecule has 2 amide bonds. The Morgan fingerprint density at radius 1 is 1.50 bits per heavy atom. The summed E-state index contributed by atoms with van der Waals surface area (Å²) in [5, 5.41) is 5.85. The molecule has 0 aliphatic carbocycles. The van der Waals surface area contributed by atoms with Crippen LogP contribution in [0, 0.1) is 5.41 Å². The van der Waals surface area contributed by atoms with Gasteiger partial charge in [0, 0.05) is 20.1 Å². The predicted molar refractivity (Wildman–Crippen MR) is 71.1 cm³/mol. The van der Waals surface area contributed by atoms with Gasteiger partial charge in [-0.1, -0.05) is 6.92 Å². The third kappa shape index (κ3) is 3.45. The van der Waals surface area contributed by atoms with E-state index in [9.17, 15) is 9.59 Å². The van der Waals surface area contributed by atoms with Crippen molar-refractivity contribution in [3.63, 3.8) is 0 Å². The molecule has 1 heterocycles. The van der Waals surface area contributed by atoms with Crippen molar-refractivity contribution in [1.82, 2.24) is 15.5 Å². The Morgan fingerprint density at radius 2 is 2.17 bits per heavy atom. The number of carbonyl (C=O) groups excluding carboxylic acids is 2. The fourth-order valence-corrected chi connectivity index (χ4v) is 2.42. The molecule has 2 N–H and O–H groups in total. The van der Waals surface area contributed by atoms with Gasteiger partial charge in [0.2, 0.25) is 11.8 Å². The van der Waals surface area contributed by atoms with E-state index in [4.69, 9.17) is 0 Å². The molecule has 5 nitrogen and oxygen atoms in total. The van der Waals surface area contributed by atoms with Gasteiger partial charge in [0.15, 0.2) is 0 Å². The average Bonchev–Trinajstić information content (AvgIpc) is 2.33. The standard InChI is InChI=1S/C13H25N3O2/c1-5-15-10-7-6-8-16(11(10)17)9-13(2,3)12(18)14-4/h10,15H,5-9H2,1-4H3,(H,14,18). The monoisotopic (exact) mass is 255 g/mol. The smallest absolute Gasteiger partial charge is 0.239 e. The van der Waals surface area contributed by atoms with E-state index < -0.39 is 5.41 Å². The van der Waals surface area contributed by atoms with Crippen molar-refractivity contribution in [2.24, 2.45) is 5.41 Å². The minimum Gasteiger partial charge on any atom is -0.359 e. The van der Waals surface area contributed by atoms with Crippen LogP contribution in [-0.4, -0.2) is 49.4 Å². The van der Waals surface area contributed by atoms with Gasteiger partial charge in [0.25, 0.3) is 0 Å². The zero-order valence-corrected chi connectivity index (χ0v) is 11.9. The lowest BCUT2D eigenvalue weighted by atomic mass is 9.90. The van der Waals surface area contributed by atoms with E-state index in [1.165, 1.54) is 0 Å². The molecule has 1 aliphatic heterocycles. The van der Waals surface area contributed by atoms with E-state index in [0.29, 0.717) is 6.54 Å². The second-order valence-corrected chi connectivity index (χ2v) is 5.48. The molecule has 0 radical (unpaired) electrons. The van der Waals surface area contributed by atoms with E-state index in [0.717, 1.165) is 25.9 Å². The van der Waals surface area contributed by atoms with E-state index in [2.05, 4.69) is 10.6 Å². The maximum absolute atomic E-state index is 12.2. The fraction of sp³-hybridized carbons (Fsp3) is 0.846. The molecule has 18 heavy (non-hydrogen) atoms. The molecule has 0 spiro atoms. The number of nitrogens with one attached hydrogen (secondary N) is 2. The Kier molecular flexibility index (Phi) is 5.14. The normalized spacial score (nSPS) is 21.0. The van der Waals surface area contributed by atoms with Crippen LogP contribution >= 0.6 is 0 Å². The van der Waals surface area contributed by atoms with Crippen LogP contribution in [0.25, 0.3) is 0 Å². The van der Waals surface area contributed by atoms with Crippen molar-refractivity contribution in [2.45, 2.75) is 39.7 Å². The van der Waals surface area contributed by atoms with Crippen molar-refractivity contribution < 1.29 is 9.59 Å². The number of likely N-dealkylation sites (tertiary alicyclic amines) is 1. The summed E-state index contributed by atoms with van der Waals surface area (Å²) in [6.07, 6.45) is 1.89. The van der Waals surface area contributed by atoms with Gasteiger partial charge in [0.1, 0.15) is 0 Å². The first-order valence-corrected chi connectivity index (χ1v) is 6.66. The second kappa shape index (κ2) is 6.18. The van der Waals surface area contributed by atoms with Crippen molar-refractivity contribution in [2.75, 3.05) is 26.7 Å². The van der Waals surface area contributed by atoms with Crippen LogP contribution in [0.4, 0.5) is 0 Å². The average molecular weight is 255 g/mol. The van der Waals surface area contributed by atoms with Crippen LogP contribution in [0.15, 0.2) is 0 Å². The molecule has 1 saturated heterocycles. The summed E-state index contributed by atoms with van der Waals surface area (Å²) in [5.74, 6) is 0.0981. The number of hydrogen-bond acceptors (Lipinski definition) is 3. The number of carbonyl (C=O) groups is 2. The molecular weight excluding hydrogens is 230 g/mol. The highest BCUT2D eigenvalue weighted by molar-refractivity contribution is 5.85. The summed E-state index contributed by atoms with van der Waals surface area (Å²) < 4.78 is 0. The Balaban J connectivity index is 2.66. The lowest BCUT2D eigenvalue weighted by Gasteiger charge is -2.37. The molecule has 1 rings (SSSR count). The van der Waals surface area contributed by atoms with Gasteiger partial charge in [-0.2, -0.15) is 0 Å². The van der Waals surface area contributed by atoms with Gasteiger partial charge >= 0.3 is 0 Å². The third-order valence-corrected chi connectivity index (χ3v) is 3.41. The van der Waals surface area contributed by atoms with Crippen molar-refractivity contribution in [3.05, 3.63) is 0 Å². The summed E-state index contributed by atoms with van der Waals surface area (Å²) in [6, 6.07) is -0.0794. The zero-order chi connectivity index (χ0) is 13.8. The molecule has 1 aliphatic rings. The zero-order valence-electron chi connectivity index (χ0n) is 11.9. The lowest BCUT2D eigenvalue weighted by Crippen LogP contribution is -2.54. The van der Waals surface area contributed by atoms with E-state index in [-0.39, 0.29) is 17.9 Å². The quantitative estimate of drug-likeness (QED) is 0.745. The largest absolute Gasteiger partial charge is 0.359 e. The van der Waals surface area contributed by atoms with Crippen LogP contribution in [-0.2, 0) is 9.59 Å². The minimum atomic E-state index is -0.543. The summed E-state index contributed by atoms with van der Waals surface area (Å²) in [6.45, 7) is 7.77. The highest BCUT2D eigenvalue weighted by atomic mass is 16.2. The van der Waals surface area contributed by atoms with Crippen LogP contribution in [0.3, 0.4) is 0 Å². The Morgan fingerprint density at radius 3 is 2.72 bits per heavy atom. The van der Waals surface area contributed by atoms with Crippen molar-refractivity contribution >= 4 is 11.8 Å². The highest BCUT2D eigenvalue weighted by Gasteiger charge is 2.35. The summed E-state index contributed by atoms with van der Waals surface area (Å²) in [5.41, 5.74) is -0.543. The van der Waals surface area contributed by atoms with Crippen molar-refractivity contribution in [1.29, 1.82) is 0 Å². The predicted octanol–water partition coefficient (Wildman–Crippen LogP) is 0.359. The summed E-state index contributed by atoms with van der Waals surface area (Å²) in [4.78, 5) is 25.8. The Bertz CT molecular complexity index is 313. The van der Waals surface area contributed by atoms with Gasteiger partial charge in [-0.25, -0.2) is 0 Å². The maximum Gasteiger partial charge on any atom is 0.239 e. The van der Waals surface area contributed by atoms with Crippen LogP contribution < -0.4 is 10.6 Å². The molecule has 1 unspecified atom stereocenters. The molecule has 0 aromatic carbocycles. The van der Waals surface area contributed by atoms with Crippen molar-refractivity contribution in [3.8, 4) is 0 Å². The van der Waals surface area contributed by atoms with Crippen LogP contribution in [0.2, 0.25) is 0 Å². The van der Waals surface area contributed by atoms with Gasteiger partial charge in [0.05, 0.1) is 11.5 Å². The van der Waals surface area contributed by atoms with Gasteiger partial charge in [-0.15, -0.1) is 0 Å². The molecule has 1 fully saturated rings. The minimum absolute atomic E-state index is 0.0270. The number of likely N-dealkylation sites (N-methyl/N-ethyl adjacent to an activating group) is 1. The van der Waals surface area contributed by atoms with Gasteiger partial charge < -0.3 is 15.5 Å². The van der Waals surface area contributed by atoms with Gasteiger partial charge in [-0.05, 0) is 33.2 Å². The highest BCUT2D eigenvalue weighted by Crippen LogP contribution is 2.21. The summed E-state index contributed by atoms with van der Waals surface area (Å²) in [7, 11) is 1.63. The molecule has 1 atom stereocenters. The SMILES string of the molecule is CCNC1CCCN(CC(C)(C)C(=O)NC)C1=O. The first-order valence-electron chi connectivity index (χ1n) is 6.66. The Hall–Kier alpha value is -1.10. The van der Waals surface area contributed by atoms with Crippen LogP contribution in [0.1, 0.15) is 33.6 Å². The van der Waals surface area contributed by atoms with Gasteiger partial charge in [-0.3, -0.25) is 9.59 Å². The molecule has 104 valence electrons. The summed E-state index contributed by atoms with van der Waals surface area (Å²) >= 11 is 0. The Labute approximate surface area is 109 Å². The topological polar surface area (TPSA) is 61.4 Å². The number of nitrogens with zero attached hydrogens (tertiary/aromatic N) is 1. The maximum atomic E-state index is 12.2. The lowest BCUT2D eigenvalue weighted by molar-refractivity contribution is -0.140. The molecule has 0 aromatic rings. The van der Waals surface area contributed by atoms with E-state index in [1.54, 1.807) is 7.05 Å². The fourth-order valence-electron chi connectivity index (χ4n) is 2.42. The molecule has 0 saturated carbocycles. The number of rotatable bonds is 5. The van der Waals surface area contributed by atoms with Crippen LogP contribution in [0.5, 0.6) is 0 Å². The third-order valence-electron chi connectivity index (χ3n) is 3.41. The first kappa shape index (κ1) is 15.0.